The molecule has 4 rings (SSSR count). The summed E-state index contributed by atoms with van der Waals surface area (Å²) in [5.74, 6) is 0.170. The van der Waals surface area contributed by atoms with E-state index in [1.54, 1.807) is 36.4 Å². The molecule has 0 radical (unpaired) electrons. The number of fused-ring (bicyclic) bond motifs is 1. The molecule has 0 spiro atoms. The second-order valence-corrected chi connectivity index (χ2v) is 8.12. The van der Waals surface area contributed by atoms with Gasteiger partial charge in [-0.2, -0.15) is 5.26 Å². The van der Waals surface area contributed by atoms with Crippen molar-refractivity contribution in [3.05, 3.63) is 95.4 Å². The second-order valence-electron chi connectivity index (χ2n) is 8.12. The van der Waals surface area contributed by atoms with Gasteiger partial charge in [-0.05, 0) is 63.2 Å². The smallest absolute Gasteiger partial charge is 0.171 e. The Kier molecular flexibility index (Phi) is 6.93. The van der Waals surface area contributed by atoms with E-state index in [2.05, 4.69) is 11.4 Å². The number of anilines is 1. The molecule has 0 aliphatic rings. The van der Waals surface area contributed by atoms with Crippen LogP contribution in [0.2, 0.25) is 0 Å². The molecule has 0 aliphatic heterocycles. The third-order valence-electron chi connectivity index (χ3n) is 5.27. The minimum Gasteiger partial charge on any atom is -0.494 e. The average Bonchev–Trinajstić information content (AvgIpc) is 2.84. The van der Waals surface area contributed by atoms with Gasteiger partial charge in [0.05, 0.1) is 41.6 Å². The number of halogens is 1. The number of nitriles is 1. The van der Waals surface area contributed by atoms with E-state index in [0.717, 1.165) is 16.6 Å². The molecule has 1 unspecified atom stereocenters. The zero-order chi connectivity index (χ0) is 24.1. The van der Waals surface area contributed by atoms with Gasteiger partial charge in [0.2, 0.25) is 0 Å². The minimum absolute atomic E-state index is 0.128. The number of ether oxygens (including phenoxy) is 2. The zero-order valence-corrected chi connectivity index (χ0v) is 19.4. The van der Waals surface area contributed by atoms with Crippen LogP contribution < -0.4 is 14.8 Å². The van der Waals surface area contributed by atoms with E-state index in [1.807, 2.05) is 57.2 Å². The lowest BCUT2D eigenvalue weighted by atomic mass is 10.00. The van der Waals surface area contributed by atoms with Crippen LogP contribution in [0, 0.1) is 17.1 Å². The van der Waals surface area contributed by atoms with Gasteiger partial charge in [0.25, 0.3) is 0 Å². The summed E-state index contributed by atoms with van der Waals surface area (Å²) in [5.41, 5.74) is 3.08. The summed E-state index contributed by atoms with van der Waals surface area (Å²) < 4.78 is 27.3. The molecular formula is C28H26FN3O2. The standard InChI is InChI=1S/C28H26FN3O2/c1-4-33-22-15-23(27(29)26(16-22)34-18(2)3)28(31-21-12-9-19(17-30)10-13-21)25-14-11-20-7-5-6-8-24(20)32-25/h5-16,18,28,31H,4H2,1-3H3. The zero-order valence-electron chi connectivity index (χ0n) is 19.4. The molecule has 0 saturated heterocycles. The molecule has 0 saturated carbocycles. The van der Waals surface area contributed by atoms with Crippen molar-refractivity contribution in [2.45, 2.75) is 32.9 Å². The van der Waals surface area contributed by atoms with Gasteiger partial charge in [-0.1, -0.05) is 24.3 Å². The predicted molar refractivity (Wildman–Crippen MR) is 132 cm³/mol. The lowest BCUT2D eigenvalue weighted by Gasteiger charge is -2.23. The fraction of sp³-hybridized carbons (Fsp3) is 0.214. The number of hydrogen-bond donors (Lipinski definition) is 1. The molecule has 3 aromatic carbocycles. The van der Waals surface area contributed by atoms with E-state index in [9.17, 15) is 0 Å². The number of hydrogen-bond acceptors (Lipinski definition) is 5. The maximum absolute atomic E-state index is 15.8. The summed E-state index contributed by atoms with van der Waals surface area (Å²) in [7, 11) is 0. The Bertz CT molecular complexity index is 1330. The molecular weight excluding hydrogens is 429 g/mol. The monoisotopic (exact) mass is 455 g/mol. The van der Waals surface area contributed by atoms with Crippen LogP contribution in [0.1, 0.15) is 43.6 Å². The fourth-order valence-corrected chi connectivity index (χ4v) is 3.75. The number of pyridine rings is 1. The summed E-state index contributed by atoms with van der Waals surface area (Å²) in [5, 5.41) is 13.5. The van der Waals surface area contributed by atoms with Crippen LogP contribution in [-0.2, 0) is 0 Å². The first-order chi connectivity index (χ1) is 16.5. The highest BCUT2D eigenvalue weighted by Gasteiger charge is 2.24. The largest absolute Gasteiger partial charge is 0.494 e. The van der Waals surface area contributed by atoms with Gasteiger partial charge >= 0.3 is 0 Å². The Morgan fingerprint density at radius 3 is 2.50 bits per heavy atom. The maximum Gasteiger partial charge on any atom is 0.171 e. The quantitative estimate of drug-likeness (QED) is 0.323. The van der Waals surface area contributed by atoms with Crippen LogP contribution in [0.5, 0.6) is 11.5 Å². The number of benzene rings is 3. The van der Waals surface area contributed by atoms with E-state index in [-0.39, 0.29) is 11.9 Å². The molecule has 0 amide bonds. The van der Waals surface area contributed by atoms with Gasteiger partial charge in [0.1, 0.15) is 5.75 Å². The van der Waals surface area contributed by atoms with E-state index in [1.165, 1.54) is 0 Å². The van der Waals surface area contributed by atoms with Crippen molar-refractivity contribution in [2.75, 3.05) is 11.9 Å². The van der Waals surface area contributed by atoms with Crippen molar-refractivity contribution < 1.29 is 13.9 Å². The molecule has 34 heavy (non-hydrogen) atoms. The topological polar surface area (TPSA) is 67.2 Å². The van der Waals surface area contributed by atoms with Crippen molar-refractivity contribution in [3.8, 4) is 17.6 Å². The predicted octanol–water partition coefficient (Wildman–Crippen LogP) is 6.63. The second kappa shape index (κ2) is 10.2. The normalized spacial score (nSPS) is 11.8. The van der Waals surface area contributed by atoms with Gasteiger partial charge in [-0.3, -0.25) is 4.98 Å². The van der Waals surface area contributed by atoms with E-state index in [0.29, 0.717) is 29.2 Å². The number of para-hydroxylation sites is 1. The van der Waals surface area contributed by atoms with Gasteiger partial charge in [0, 0.05) is 22.7 Å². The van der Waals surface area contributed by atoms with Crippen LogP contribution >= 0.6 is 0 Å². The molecule has 1 aromatic heterocycles. The summed E-state index contributed by atoms with van der Waals surface area (Å²) in [6.45, 7) is 6.02. The van der Waals surface area contributed by atoms with Gasteiger partial charge in [-0.25, -0.2) is 4.39 Å². The number of nitrogens with one attached hydrogen (secondary N) is 1. The Labute approximate surface area is 198 Å². The molecule has 4 aromatic rings. The number of rotatable bonds is 8. The highest BCUT2D eigenvalue weighted by Crippen LogP contribution is 2.36. The van der Waals surface area contributed by atoms with Crippen LogP contribution in [0.25, 0.3) is 10.9 Å². The Hall–Kier alpha value is -4.11. The molecule has 6 heteroatoms. The molecule has 1 N–H and O–H groups in total. The van der Waals surface area contributed by atoms with Gasteiger partial charge < -0.3 is 14.8 Å². The molecule has 1 heterocycles. The highest BCUT2D eigenvalue weighted by molar-refractivity contribution is 5.78. The number of aromatic nitrogens is 1. The summed E-state index contributed by atoms with van der Waals surface area (Å²) in [4.78, 5) is 4.83. The Balaban J connectivity index is 1.87. The SMILES string of the molecule is CCOc1cc(OC(C)C)c(F)c(C(Nc2ccc(C#N)cc2)c2ccc3ccccc3n2)c1. The lowest BCUT2D eigenvalue weighted by Crippen LogP contribution is -2.17. The van der Waals surface area contributed by atoms with Crippen molar-refractivity contribution in [1.82, 2.24) is 4.98 Å². The molecule has 0 aliphatic carbocycles. The summed E-state index contributed by atoms with van der Waals surface area (Å²) >= 11 is 0. The van der Waals surface area contributed by atoms with Crippen LogP contribution in [-0.4, -0.2) is 17.7 Å². The van der Waals surface area contributed by atoms with Crippen LogP contribution in [0.4, 0.5) is 10.1 Å². The minimum atomic E-state index is -0.632. The maximum atomic E-state index is 15.8. The first kappa shape index (κ1) is 23.1. The first-order valence-electron chi connectivity index (χ1n) is 11.2. The van der Waals surface area contributed by atoms with Crippen molar-refractivity contribution in [2.24, 2.45) is 0 Å². The third-order valence-corrected chi connectivity index (χ3v) is 5.27. The third kappa shape index (κ3) is 5.10. The van der Waals surface area contributed by atoms with Crippen LogP contribution in [0.15, 0.2) is 72.8 Å². The van der Waals surface area contributed by atoms with Crippen molar-refractivity contribution in [3.63, 3.8) is 0 Å². The molecule has 0 bridgehead atoms. The van der Waals surface area contributed by atoms with Crippen LogP contribution in [0.3, 0.4) is 0 Å². The molecule has 1 atom stereocenters. The highest BCUT2D eigenvalue weighted by atomic mass is 19.1. The van der Waals surface area contributed by atoms with Crippen molar-refractivity contribution >= 4 is 16.6 Å². The molecule has 5 nitrogen and oxygen atoms in total. The van der Waals surface area contributed by atoms with E-state index in [4.69, 9.17) is 19.7 Å². The summed E-state index contributed by atoms with van der Waals surface area (Å²) in [6, 6.07) is 23.4. The fourth-order valence-electron chi connectivity index (χ4n) is 3.75. The molecule has 0 fully saturated rings. The lowest BCUT2D eigenvalue weighted by molar-refractivity contribution is 0.228. The van der Waals surface area contributed by atoms with Gasteiger partial charge in [0.15, 0.2) is 11.6 Å². The number of nitrogens with zero attached hydrogens (tertiary/aromatic N) is 2. The molecule has 172 valence electrons. The van der Waals surface area contributed by atoms with Crippen molar-refractivity contribution in [1.29, 1.82) is 5.26 Å². The van der Waals surface area contributed by atoms with Gasteiger partial charge in [-0.15, -0.1) is 0 Å². The summed E-state index contributed by atoms with van der Waals surface area (Å²) in [6.07, 6.45) is -0.206. The van der Waals surface area contributed by atoms with E-state index < -0.39 is 11.9 Å². The Morgan fingerprint density at radius 1 is 1.03 bits per heavy atom. The average molecular weight is 456 g/mol. The first-order valence-corrected chi connectivity index (χ1v) is 11.2. The van der Waals surface area contributed by atoms with E-state index >= 15 is 4.39 Å². The Morgan fingerprint density at radius 2 is 1.79 bits per heavy atom.